The highest BCUT2D eigenvalue weighted by Gasteiger charge is 2.26. The summed E-state index contributed by atoms with van der Waals surface area (Å²) in [5.41, 5.74) is 3.66. The summed E-state index contributed by atoms with van der Waals surface area (Å²) in [5, 5.41) is 11.3. The molecule has 1 fully saturated rings. The summed E-state index contributed by atoms with van der Waals surface area (Å²) in [7, 11) is 0. The summed E-state index contributed by atoms with van der Waals surface area (Å²) >= 11 is 1.73. The summed E-state index contributed by atoms with van der Waals surface area (Å²) in [6.07, 6.45) is 0.0122. The van der Waals surface area contributed by atoms with Gasteiger partial charge in [0.2, 0.25) is 0 Å². The van der Waals surface area contributed by atoms with Gasteiger partial charge in [0, 0.05) is 36.9 Å². The Bertz CT molecular complexity index is 643. The van der Waals surface area contributed by atoms with Crippen LogP contribution < -0.4 is 10.6 Å². The second-order valence-corrected chi connectivity index (χ2v) is 6.09. The van der Waals surface area contributed by atoms with Gasteiger partial charge in [-0.05, 0) is 5.56 Å². The van der Waals surface area contributed by atoms with Crippen LogP contribution in [0.5, 0.6) is 0 Å². The number of anilines is 1. The van der Waals surface area contributed by atoms with Crippen LogP contribution in [0.3, 0.4) is 0 Å². The molecule has 21 heavy (non-hydrogen) atoms. The summed E-state index contributed by atoms with van der Waals surface area (Å²) in [4.78, 5) is 7.40. The van der Waals surface area contributed by atoms with E-state index >= 15 is 0 Å². The SMILES string of the molecule is c1ccc(C2N=C(N3CCNCC3)c3cscc3N2)cc1. The minimum Gasteiger partial charge on any atom is -0.359 e. The van der Waals surface area contributed by atoms with Crippen molar-refractivity contribution in [2.24, 2.45) is 4.99 Å². The zero-order valence-corrected chi connectivity index (χ0v) is 12.6. The van der Waals surface area contributed by atoms with Gasteiger partial charge in [-0.1, -0.05) is 30.3 Å². The van der Waals surface area contributed by atoms with Crippen LogP contribution in [0.25, 0.3) is 0 Å². The lowest BCUT2D eigenvalue weighted by molar-refractivity contribution is 0.355. The number of nitrogens with zero attached hydrogens (tertiary/aromatic N) is 2. The van der Waals surface area contributed by atoms with Crippen LogP contribution in [0.15, 0.2) is 46.1 Å². The van der Waals surface area contributed by atoms with Crippen molar-refractivity contribution in [1.82, 2.24) is 10.2 Å². The molecule has 1 aromatic carbocycles. The van der Waals surface area contributed by atoms with Crippen LogP contribution in [-0.4, -0.2) is 36.9 Å². The lowest BCUT2D eigenvalue weighted by Gasteiger charge is -2.34. The molecular weight excluding hydrogens is 280 g/mol. The lowest BCUT2D eigenvalue weighted by Crippen LogP contribution is -2.47. The van der Waals surface area contributed by atoms with E-state index in [0.717, 1.165) is 32.0 Å². The number of fused-ring (bicyclic) bond motifs is 1. The van der Waals surface area contributed by atoms with Gasteiger partial charge >= 0.3 is 0 Å². The first-order valence-electron chi connectivity index (χ1n) is 7.33. The Morgan fingerprint density at radius 2 is 1.90 bits per heavy atom. The van der Waals surface area contributed by atoms with Crippen LogP contribution in [0, 0.1) is 0 Å². The molecule has 1 atom stereocenters. The molecule has 108 valence electrons. The highest BCUT2D eigenvalue weighted by Crippen LogP contribution is 2.33. The number of hydrogen-bond acceptors (Lipinski definition) is 5. The fourth-order valence-corrected chi connectivity index (χ4v) is 3.64. The maximum Gasteiger partial charge on any atom is 0.147 e. The third-order valence-electron chi connectivity index (χ3n) is 3.98. The van der Waals surface area contributed by atoms with Crippen LogP contribution in [0.4, 0.5) is 5.69 Å². The molecule has 1 aromatic heterocycles. The van der Waals surface area contributed by atoms with Crippen LogP contribution in [0.1, 0.15) is 17.3 Å². The Balaban J connectivity index is 1.72. The maximum absolute atomic E-state index is 5.00. The number of benzene rings is 1. The first-order chi connectivity index (χ1) is 10.4. The number of nitrogens with one attached hydrogen (secondary N) is 2. The largest absolute Gasteiger partial charge is 0.359 e. The van der Waals surface area contributed by atoms with Crippen LogP contribution >= 0.6 is 11.3 Å². The van der Waals surface area contributed by atoms with Gasteiger partial charge < -0.3 is 15.5 Å². The van der Waals surface area contributed by atoms with E-state index in [-0.39, 0.29) is 6.17 Å². The second-order valence-electron chi connectivity index (χ2n) is 5.35. The van der Waals surface area contributed by atoms with Crippen molar-refractivity contribution < 1.29 is 0 Å². The first kappa shape index (κ1) is 12.9. The van der Waals surface area contributed by atoms with E-state index in [0.29, 0.717) is 0 Å². The van der Waals surface area contributed by atoms with Crippen LogP contribution in [0.2, 0.25) is 0 Å². The molecule has 0 aliphatic carbocycles. The topological polar surface area (TPSA) is 39.7 Å². The van der Waals surface area contributed by atoms with Crippen molar-refractivity contribution in [2.45, 2.75) is 6.17 Å². The number of aliphatic imine (C=N–C) groups is 1. The summed E-state index contributed by atoms with van der Waals surface area (Å²) < 4.78 is 0. The number of hydrogen-bond donors (Lipinski definition) is 2. The predicted octanol–water partition coefficient (Wildman–Crippen LogP) is 2.52. The molecule has 2 aliphatic rings. The summed E-state index contributed by atoms with van der Waals surface area (Å²) in [6.45, 7) is 4.11. The molecule has 2 N–H and O–H groups in total. The molecule has 1 unspecified atom stereocenters. The molecule has 2 aliphatic heterocycles. The second kappa shape index (κ2) is 5.50. The molecular formula is C16H18N4S. The molecule has 4 nitrogen and oxygen atoms in total. The van der Waals surface area contributed by atoms with E-state index in [1.54, 1.807) is 11.3 Å². The highest BCUT2D eigenvalue weighted by atomic mass is 32.1. The number of rotatable bonds is 1. The quantitative estimate of drug-likeness (QED) is 0.850. The molecule has 3 heterocycles. The monoisotopic (exact) mass is 298 g/mol. The van der Waals surface area contributed by atoms with Gasteiger partial charge in [0.1, 0.15) is 12.0 Å². The third-order valence-corrected chi connectivity index (χ3v) is 4.72. The maximum atomic E-state index is 5.00. The minimum atomic E-state index is 0.0122. The van der Waals surface area contributed by atoms with Gasteiger partial charge in [-0.15, -0.1) is 11.3 Å². The van der Waals surface area contributed by atoms with Gasteiger partial charge in [0.05, 0.1) is 11.3 Å². The van der Waals surface area contributed by atoms with E-state index in [1.165, 1.54) is 16.8 Å². The number of amidine groups is 1. The zero-order valence-electron chi connectivity index (χ0n) is 11.7. The molecule has 0 saturated carbocycles. The molecule has 0 bridgehead atoms. The van der Waals surface area contributed by atoms with Crippen LogP contribution in [-0.2, 0) is 0 Å². The van der Waals surface area contributed by atoms with Gasteiger partial charge in [-0.3, -0.25) is 0 Å². The van der Waals surface area contributed by atoms with Crippen molar-refractivity contribution in [2.75, 3.05) is 31.5 Å². The van der Waals surface area contributed by atoms with Crippen molar-refractivity contribution in [3.8, 4) is 0 Å². The summed E-state index contributed by atoms with van der Waals surface area (Å²) in [6, 6.07) is 10.4. The van der Waals surface area contributed by atoms with Crippen molar-refractivity contribution in [3.05, 3.63) is 52.2 Å². The Morgan fingerprint density at radius 3 is 2.71 bits per heavy atom. The molecule has 1 saturated heterocycles. The van der Waals surface area contributed by atoms with E-state index in [9.17, 15) is 0 Å². The third kappa shape index (κ3) is 2.43. The number of piperazine rings is 1. The fraction of sp³-hybridized carbons (Fsp3) is 0.312. The van der Waals surface area contributed by atoms with Gasteiger partial charge in [-0.25, -0.2) is 4.99 Å². The zero-order chi connectivity index (χ0) is 14.1. The van der Waals surface area contributed by atoms with Gasteiger partial charge in [0.25, 0.3) is 0 Å². The molecule has 0 amide bonds. The molecule has 5 heteroatoms. The smallest absolute Gasteiger partial charge is 0.147 e. The highest BCUT2D eigenvalue weighted by molar-refractivity contribution is 7.08. The number of thiophene rings is 1. The normalized spacial score (nSPS) is 21.4. The molecule has 4 rings (SSSR count). The van der Waals surface area contributed by atoms with Crippen molar-refractivity contribution >= 4 is 22.9 Å². The minimum absolute atomic E-state index is 0.0122. The average Bonchev–Trinajstić information content (AvgIpc) is 3.04. The molecule has 0 spiro atoms. The molecule has 0 radical (unpaired) electrons. The van der Waals surface area contributed by atoms with E-state index in [1.807, 2.05) is 6.07 Å². The van der Waals surface area contributed by atoms with E-state index < -0.39 is 0 Å². The Kier molecular flexibility index (Phi) is 3.37. The van der Waals surface area contributed by atoms with Crippen molar-refractivity contribution in [1.29, 1.82) is 0 Å². The predicted molar refractivity (Wildman–Crippen MR) is 88.1 cm³/mol. The Hall–Kier alpha value is -1.85. The summed E-state index contributed by atoms with van der Waals surface area (Å²) in [5.74, 6) is 1.14. The van der Waals surface area contributed by atoms with E-state index in [4.69, 9.17) is 4.99 Å². The average molecular weight is 298 g/mol. The van der Waals surface area contributed by atoms with Gasteiger partial charge in [0.15, 0.2) is 0 Å². The lowest BCUT2D eigenvalue weighted by atomic mass is 10.1. The first-order valence-corrected chi connectivity index (χ1v) is 8.27. The van der Waals surface area contributed by atoms with Gasteiger partial charge in [-0.2, -0.15) is 0 Å². The van der Waals surface area contributed by atoms with Crippen molar-refractivity contribution in [3.63, 3.8) is 0 Å². The standard InChI is InChI=1S/C16H18N4S/c1-2-4-12(5-3-1)15-18-14-11-21-10-13(14)16(19-15)20-8-6-17-7-9-20/h1-5,10-11,15,17-18H,6-9H2. The Morgan fingerprint density at radius 1 is 1.10 bits per heavy atom. The fourth-order valence-electron chi connectivity index (χ4n) is 2.88. The van der Waals surface area contributed by atoms with E-state index in [2.05, 4.69) is 50.6 Å². The molecule has 2 aromatic rings. The Labute approximate surface area is 128 Å².